The first-order chi connectivity index (χ1) is 16.5. The number of benzene rings is 2. The van der Waals surface area contributed by atoms with Crippen molar-refractivity contribution in [2.24, 2.45) is 5.92 Å². The summed E-state index contributed by atoms with van der Waals surface area (Å²) in [7, 11) is 0. The minimum absolute atomic E-state index is 0.0220. The number of carbonyl (C=O) groups excluding carboxylic acids is 2. The first-order valence-corrected chi connectivity index (χ1v) is 12.0. The third kappa shape index (κ3) is 7.33. The number of hydrogen-bond donors (Lipinski definition) is 3. The van der Waals surface area contributed by atoms with Gasteiger partial charge in [0.05, 0.1) is 0 Å². The molecule has 0 aromatic heterocycles. The molecule has 0 heterocycles. The number of hydrogen-bond acceptors (Lipinski definition) is 4. The lowest BCUT2D eigenvalue weighted by Crippen LogP contribution is -2.31. The molecule has 2 aromatic carbocycles. The van der Waals surface area contributed by atoms with Crippen LogP contribution < -0.4 is 10.6 Å². The summed E-state index contributed by atoms with van der Waals surface area (Å²) in [6.45, 7) is 3.27. The standard InChI is InChI=1S/C27H34N2O5/c1-19(14-15-25(30)28-16-8-2-3-13-26(31)32)17-29-27(33)34-18-24-22-11-6-4-9-20(22)21-10-5-7-12-23(21)24/h4-7,9-12,19,24H,2-3,8,13-18H2,1H3,(H,28,30)(H,29,33)(H,31,32). The fraction of sp³-hybridized carbons (Fsp3) is 0.444. The Morgan fingerprint density at radius 3 is 2.21 bits per heavy atom. The number of rotatable bonds is 13. The Kier molecular flexibility index (Phi) is 9.50. The summed E-state index contributed by atoms with van der Waals surface area (Å²) in [5, 5.41) is 14.3. The van der Waals surface area contributed by atoms with Crippen LogP contribution in [0.25, 0.3) is 11.1 Å². The molecular formula is C27H34N2O5. The first-order valence-electron chi connectivity index (χ1n) is 12.0. The molecule has 3 N–H and O–H groups in total. The minimum Gasteiger partial charge on any atom is -0.481 e. The van der Waals surface area contributed by atoms with Gasteiger partial charge in [-0.2, -0.15) is 0 Å². The highest BCUT2D eigenvalue weighted by Crippen LogP contribution is 2.44. The molecule has 2 amide bonds. The minimum atomic E-state index is -0.787. The molecule has 7 nitrogen and oxygen atoms in total. The highest BCUT2D eigenvalue weighted by Gasteiger charge is 2.29. The average molecular weight is 467 g/mol. The van der Waals surface area contributed by atoms with Crippen molar-refractivity contribution >= 4 is 18.0 Å². The fourth-order valence-electron chi connectivity index (χ4n) is 4.28. The summed E-state index contributed by atoms with van der Waals surface area (Å²) >= 11 is 0. The summed E-state index contributed by atoms with van der Waals surface area (Å²) in [5.74, 6) is -0.638. The molecule has 2 aromatic rings. The van der Waals surface area contributed by atoms with Crippen molar-refractivity contribution in [3.63, 3.8) is 0 Å². The predicted octanol–water partition coefficient (Wildman–Crippen LogP) is 4.70. The van der Waals surface area contributed by atoms with Crippen molar-refractivity contribution in [1.29, 1.82) is 0 Å². The molecule has 0 saturated carbocycles. The number of carboxylic acid groups (broad SMARTS) is 1. The molecule has 0 spiro atoms. The summed E-state index contributed by atoms with van der Waals surface area (Å²) in [4.78, 5) is 34.7. The van der Waals surface area contributed by atoms with Gasteiger partial charge in [-0.3, -0.25) is 9.59 Å². The van der Waals surface area contributed by atoms with E-state index in [9.17, 15) is 14.4 Å². The van der Waals surface area contributed by atoms with Gasteiger partial charge in [0.2, 0.25) is 5.91 Å². The van der Waals surface area contributed by atoms with Crippen LogP contribution in [-0.4, -0.2) is 42.8 Å². The third-order valence-electron chi connectivity index (χ3n) is 6.19. The van der Waals surface area contributed by atoms with E-state index in [0.717, 1.165) is 12.8 Å². The number of amides is 2. The van der Waals surface area contributed by atoms with Gasteiger partial charge in [-0.25, -0.2) is 4.79 Å². The summed E-state index contributed by atoms with van der Waals surface area (Å²) in [5.41, 5.74) is 4.74. The van der Waals surface area contributed by atoms with E-state index in [4.69, 9.17) is 9.84 Å². The van der Waals surface area contributed by atoms with Crippen LogP contribution in [0.1, 0.15) is 62.5 Å². The SMILES string of the molecule is CC(CCC(=O)NCCCCCC(=O)O)CNC(=O)OCC1c2ccccc2-c2ccccc21. The molecule has 1 atom stereocenters. The van der Waals surface area contributed by atoms with Gasteiger partial charge >= 0.3 is 12.1 Å². The molecule has 1 aliphatic rings. The number of alkyl carbamates (subject to hydrolysis) is 1. The van der Waals surface area contributed by atoms with Crippen molar-refractivity contribution in [3.05, 3.63) is 59.7 Å². The first kappa shape index (κ1) is 25.3. The molecule has 1 unspecified atom stereocenters. The Morgan fingerprint density at radius 2 is 1.56 bits per heavy atom. The number of ether oxygens (including phenoxy) is 1. The third-order valence-corrected chi connectivity index (χ3v) is 6.19. The van der Waals surface area contributed by atoms with E-state index in [1.54, 1.807) is 0 Å². The lowest BCUT2D eigenvalue weighted by molar-refractivity contribution is -0.137. The Morgan fingerprint density at radius 1 is 0.912 bits per heavy atom. The van der Waals surface area contributed by atoms with Crippen molar-refractivity contribution < 1.29 is 24.2 Å². The molecule has 0 bridgehead atoms. The van der Waals surface area contributed by atoms with E-state index >= 15 is 0 Å². The quantitative estimate of drug-likeness (QED) is 0.371. The van der Waals surface area contributed by atoms with E-state index in [1.165, 1.54) is 22.3 Å². The number of carbonyl (C=O) groups is 3. The lowest BCUT2D eigenvalue weighted by Gasteiger charge is -2.16. The van der Waals surface area contributed by atoms with Crippen molar-refractivity contribution in [1.82, 2.24) is 10.6 Å². The smallest absolute Gasteiger partial charge is 0.407 e. The van der Waals surface area contributed by atoms with Crippen molar-refractivity contribution in [2.75, 3.05) is 19.7 Å². The molecule has 1 aliphatic carbocycles. The normalized spacial score (nSPS) is 13.0. The predicted molar refractivity (Wildman–Crippen MR) is 131 cm³/mol. The second-order valence-electron chi connectivity index (χ2n) is 8.90. The molecule has 0 saturated heterocycles. The van der Waals surface area contributed by atoms with Crippen LogP contribution in [0.4, 0.5) is 4.79 Å². The summed E-state index contributed by atoms with van der Waals surface area (Å²) in [6, 6.07) is 16.4. The van der Waals surface area contributed by atoms with Gasteiger partial charge in [0.15, 0.2) is 0 Å². The summed E-state index contributed by atoms with van der Waals surface area (Å²) < 4.78 is 5.55. The molecule has 34 heavy (non-hydrogen) atoms. The number of fused-ring (bicyclic) bond motifs is 3. The van der Waals surface area contributed by atoms with E-state index in [1.807, 2.05) is 31.2 Å². The van der Waals surface area contributed by atoms with Gasteiger partial charge in [-0.05, 0) is 47.4 Å². The lowest BCUT2D eigenvalue weighted by atomic mass is 9.98. The zero-order valence-corrected chi connectivity index (χ0v) is 19.7. The Balaban J connectivity index is 1.32. The molecule has 7 heteroatoms. The zero-order valence-electron chi connectivity index (χ0n) is 19.7. The molecular weight excluding hydrogens is 432 g/mol. The number of nitrogens with one attached hydrogen (secondary N) is 2. The molecule has 0 aliphatic heterocycles. The summed E-state index contributed by atoms with van der Waals surface area (Å²) in [6.07, 6.45) is 2.97. The number of carboxylic acids is 1. The Hall–Kier alpha value is -3.35. The average Bonchev–Trinajstić information content (AvgIpc) is 3.15. The maximum Gasteiger partial charge on any atom is 0.407 e. The zero-order chi connectivity index (χ0) is 24.3. The number of unbranched alkanes of at least 4 members (excludes halogenated alkanes) is 2. The topological polar surface area (TPSA) is 105 Å². The maximum atomic E-state index is 12.3. The van der Waals surface area contributed by atoms with Gasteiger partial charge in [0.1, 0.15) is 6.61 Å². The van der Waals surface area contributed by atoms with Crippen LogP contribution in [0.5, 0.6) is 0 Å². The van der Waals surface area contributed by atoms with E-state index < -0.39 is 12.1 Å². The van der Waals surface area contributed by atoms with Gasteiger partial charge in [0, 0.05) is 31.8 Å². The molecule has 3 rings (SSSR count). The number of aliphatic carboxylic acids is 1. The fourth-order valence-corrected chi connectivity index (χ4v) is 4.28. The van der Waals surface area contributed by atoms with Gasteiger partial charge < -0.3 is 20.5 Å². The van der Waals surface area contributed by atoms with Gasteiger partial charge in [-0.15, -0.1) is 0 Å². The molecule has 0 radical (unpaired) electrons. The van der Waals surface area contributed by atoms with Crippen molar-refractivity contribution in [2.45, 2.75) is 51.4 Å². The van der Waals surface area contributed by atoms with Crippen LogP contribution in [0.3, 0.4) is 0 Å². The highest BCUT2D eigenvalue weighted by molar-refractivity contribution is 5.79. The second-order valence-corrected chi connectivity index (χ2v) is 8.90. The van der Waals surface area contributed by atoms with E-state index in [-0.39, 0.29) is 30.8 Å². The van der Waals surface area contributed by atoms with Crippen molar-refractivity contribution in [3.8, 4) is 11.1 Å². The van der Waals surface area contributed by atoms with Crippen LogP contribution in [-0.2, 0) is 14.3 Å². The van der Waals surface area contributed by atoms with E-state index in [2.05, 4.69) is 34.9 Å². The van der Waals surface area contributed by atoms with Gasteiger partial charge in [-0.1, -0.05) is 61.9 Å². The van der Waals surface area contributed by atoms with Crippen LogP contribution in [0.2, 0.25) is 0 Å². The Bertz CT molecular complexity index is 945. The molecule has 182 valence electrons. The second kappa shape index (κ2) is 12.8. The van der Waals surface area contributed by atoms with Crippen LogP contribution >= 0.6 is 0 Å². The maximum absolute atomic E-state index is 12.3. The largest absolute Gasteiger partial charge is 0.481 e. The molecule has 0 fully saturated rings. The van der Waals surface area contributed by atoms with E-state index in [0.29, 0.717) is 32.4 Å². The van der Waals surface area contributed by atoms with Crippen LogP contribution in [0, 0.1) is 5.92 Å². The highest BCUT2D eigenvalue weighted by atomic mass is 16.5. The Labute approximate surface area is 200 Å². The van der Waals surface area contributed by atoms with Gasteiger partial charge in [0.25, 0.3) is 0 Å². The monoisotopic (exact) mass is 466 g/mol. The van der Waals surface area contributed by atoms with Crippen LogP contribution in [0.15, 0.2) is 48.5 Å².